The van der Waals surface area contributed by atoms with E-state index in [1.54, 1.807) is 11.8 Å². The van der Waals surface area contributed by atoms with Gasteiger partial charge in [-0.2, -0.15) is 0 Å². The third kappa shape index (κ3) is 4.72. The first-order chi connectivity index (χ1) is 7.63. The van der Waals surface area contributed by atoms with Gasteiger partial charge >= 0.3 is 0 Å². The van der Waals surface area contributed by atoms with Crippen molar-refractivity contribution in [3.05, 3.63) is 0 Å². The first-order valence-corrected chi connectivity index (χ1v) is 6.87. The Hall–Kier alpha value is -0.260. The molecule has 1 heterocycles. The number of hydrogen-bond acceptors (Lipinski definition) is 4. The molecule has 1 atom stereocenters. The summed E-state index contributed by atoms with van der Waals surface area (Å²) in [4.78, 5) is 16.0. The average molecular weight is 246 g/mol. The van der Waals surface area contributed by atoms with Crippen LogP contribution in [0.15, 0.2) is 0 Å². The van der Waals surface area contributed by atoms with Crippen LogP contribution >= 0.6 is 11.8 Å². The molecule has 1 fully saturated rings. The second-order valence-electron chi connectivity index (χ2n) is 4.32. The summed E-state index contributed by atoms with van der Waals surface area (Å²) in [5.74, 6) is 0.785. The monoisotopic (exact) mass is 246 g/mol. The number of carbonyl (C=O) groups excluding carboxylic acids is 1. The lowest BCUT2D eigenvalue weighted by atomic mass is 10.3. The second-order valence-corrected chi connectivity index (χ2v) is 5.74. The van der Waals surface area contributed by atoms with Gasteiger partial charge in [-0.15, -0.1) is 11.8 Å². The van der Waals surface area contributed by atoms with Crippen molar-refractivity contribution in [1.29, 1.82) is 0 Å². The average Bonchev–Trinajstić information content (AvgIpc) is 2.27. The lowest BCUT2D eigenvalue weighted by Crippen LogP contribution is -2.47. The maximum atomic E-state index is 11.8. The van der Waals surface area contributed by atoms with Gasteiger partial charge in [0.1, 0.15) is 0 Å². The van der Waals surface area contributed by atoms with Crippen LogP contribution in [-0.4, -0.2) is 71.6 Å². The van der Waals surface area contributed by atoms with Crippen molar-refractivity contribution in [1.82, 2.24) is 9.80 Å². The Balaban J connectivity index is 2.19. The molecule has 4 nitrogen and oxygen atoms in total. The van der Waals surface area contributed by atoms with Gasteiger partial charge in [0, 0.05) is 38.0 Å². The van der Waals surface area contributed by atoms with Gasteiger partial charge in [0.25, 0.3) is 0 Å². The number of thioether (sulfide) groups is 1. The molecule has 0 aromatic rings. The van der Waals surface area contributed by atoms with E-state index in [9.17, 15) is 4.79 Å². The number of hydrogen-bond donors (Lipinski definition) is 1. The summed E-state index contributed by atoms with van der Waals surface area (Å²) in [6, 6.07) is 0. The quantitative estimate of drug-likeness (QED) is 0.756. The molecule has 16 heavy (non-hydrogen) atoms. The summed E-state index contributed by atoms with van der Waals surface area (Å²) in [6.45, 7) is 5.91. The molecule has 1 aliphatic rings. The summed E-state index contributed by atoms with van der Waals surface area (Å²) in [7, 11) is 2.08. The molecule has 1 amide bonds. The van der Waals surface area contributed by atoms with Crippen LogP contribution in [-0.2, 0) is 4.79 Å². The number of rotatable bonds is 5. The summed E-state index contributed by atoms with van der Waals surface area (Å²) in [5, 5.41) is 9.13. The zero-order valence-corrected chi connectivity index (χ0v) is 11.0. The fourth-order valence-corrected chi connectivity index (χ4v) is 2.51. The predicted molar refractivity (Wildman–Crippen MR) is 67.7 cm³/mol. The topological polar surface area (TPSA) is 43.8 Å². The van der Waals surface area contributed by atoms with E-state index in [1.165, 1.54) is 0 Å². The van der Waals surface area contributed by atoms with Crippen molar-refractivity contribution in [3.63, 3.8) is 0 Å². The highest BCUT2D eigenvalue weighted by molar-refractivity contribution is 8.00. The normalized spacial score (nSPS) is 19.8. The number of carbonyl (C=O) groups is 1. The van der Waals surface area contributed by atoms with Crippen LogP contribution in [0.3, 0.4) is 0 Å². The third-order valence-corrected chi connectivity index (χ3v) is 4.10. The fourth-order valence-electron chi connectivity index (χ4n) is 1.63. The van der Waals surface area contributed by atoms with Gasteiger partial charge in [0.05, 0.1) is 5.75 Å². The number of nitrogens with zero attached hydrogens (tertiary/aromatic N) is 2. The number of likely N-dealkylation sites (N-methyl/N-ethyl adjacent to an activating group) is 1. The van der Waals surface area contributed by atoms with E-state index in [4.69, 9.17) is 5.11 Å². The largest absolute Gasteiger partial charge is 0.396 e. The van der Waals surface area contributed by atoms with Crippen LogP contribution in [0.1, 0.15) is 13.3 Å². The van der Waals surface area contributed by atoms with E-state index in [0.29, 0.717) is 11.0 Å². The highest BCUT2D eigenvalue weighted by Crippen LogP contribution is 2.14. The Labute approximate surface area is 102 Å². The summed E-state index contributed by atoms with van der Waals surface area (Å²) in [6.07, 6.45) is 0.765. The maximum Gasteiger partial charge on any atom is 0.232 e. The Morgan fingerprint density at radius 1 is 1.38 bits per heavy atom. The minimum absolute atomic E-state index is 0.205. The Kier molecular flexibility index (Phi) is 6.16. The van der Waals surface area contributed by atoms with Gasteiger partial charge in [-0.05, 0) is 13.5 Å². The molecule has 1 unspecified atom stereocenters. The molecule has 94 valence electrons. The van der Waals surface area contributed by atoms with Crippen molar-refractivity contribution < 1.29 is 9.90 Å². The smallest absolute Gasteiger partial charge is 0.232 e. The van der Waals surface area contributed by atoms with E-state index in [1.807, 2.05) is 4.90 Å². The van der Waals surface area contributed by atoms with Crippen LogP contribution in [0.2, 0.25) is 0 Å². The number of aliphatic hydroxyl groups is 1. The Bertz CT molecular complexity index is 218. The molecule has 0 spiro atoms. The van der Waals surface area contributed by atoms with Crippen LogP contribution in [0.5, 0.6) is 0 Å². The number of piperazine rings is 1. The third-order valence-electron chi connectivity index (χ3n) is 2.88. The van der Waals surface area contributed by atoms with Crippen molar-refractivity contribution in [2.45, 2.75) is 18.6 Å². The summed E-state index contributed by atoms with van der Waals surface area (Å²) in [5.41, 5.74) is 0. The predicted octanol–water partition coefficient (Wildman–Crippen LogP) is 0.265. The van der Waals surface area contributed by atoms with Gasteiger partial charge in [-0.3, -0.25) is 4.79 Å². The van der Waals surface area contributed by atoms with Gasteiger partial charge < -0.3 is 14.9 Å². The molecular weight excluding hydrogens is 224 g/mol. The molecule has 1 rings (SSSR count). The lowest BCUT2D eigenvalue weighted by Gasteiger charge is -2.32. The van der Waals surface area contributed by atoms with E-state index in [-0.39, 0.29) is 12.5 Å². The van der Waals surface area contributed by atoms with E-state index in [0.717, 1.165) is 32.6 Å². The first kappa shape index (κ1) is 13.8. The Morgan fingerprint density at radius 2 is 2.00 bits per heavy atom. The zero-order chi connectivity index (χ0) is 12.0. The highest BCUT2D eigenvalue weighted by atomic mass is 32.2. The summed E-state index contributed by atoms with van der Waals surface area (Å²) < 4.78 is 0. The van der Waals surface area contributed by atoms with Crippen molar-refractivity contribution in [2.75, 3.05) is 45.6 Å². The first-order valence-electron chi connectivity index (χ1n) is 5.82. The molecule has 1 aliphatic heterocycles. The van der Waals surface area contributed by atoms with Gasteiger partial charge in [0.15, 0.2) is 0 Å². The lowest BCUT2D eigenvalue weighted by molar-refractivity contribution is -0.129. The molecular formula is C11H22N2O2S. The second kappa shape index (κ2) is 7.14. The molecule has 5 heteroatoms. The van der Waals surface area contributed by atoms with Gasteiger partial charge in [0.2, 0.25) is 5.91 Å². The molecule has 1 saturated heterocycles. The SMILES string of the molecule is CC(CCO)SCC(=O)N1CCN(C)CC1. The maximum absolute atomic E-state index is 11.8. The molecule has 0 radical (unpaired) electrons. The van der Waals surface area contributed by atoms with Crippen molar-refractivity contribution in [3.8, 4) is 0 Å². The van der Waals surface area contributed by atoms with E-state index < -0.39 is 0 Å². The van der Waals surface area contributed by atoms with Crippen LogP contribution in [0.25, 0.3) is 0 Å². The van der Waals surface area contributed by atoms with E-state index >= 15 is 0 Å². The fraction of sp³-hybridized carbons (Fsp3) is 0.909. The van der Waals surface area contributed by atoms with Crippen LogP contribution in [0.4, 0.5) is 0 Å². The van der Waals surface area contributed by atoms with Crippen LogP contribution < -0.4 is 0 Å². The zero-order valence-electron chi connectivity index (χ0n) is 10.2. The minimum atomic E-state index is 0.205. The molecule has 1 N–H and O–H groups in total. The number of aliphatic hydroxyl groups excluding tert-OH is 1. The van der Waals surface area contributed by atoms with Crippen molar-refractivity contribution in [2.24, 2.45) is 0 Å². The van der Waals surface area contributed by atoms with E-state index in [2.05, 4.69) is 18.9 Å². The molecule has 0 aromatic heterocycles. The molecule has 0 saturated carbocycles. The van der Waals surface area contributed by atoms with Gasteiger partial charge in [-0.1, -0.05) is 6.92 Å². The number of amides is 1. The molecule has 0 bridgehead atoms. The summed E-state index contributed by atoms with van der Waals surface area (Å²) >= 11 is 1.64. The van der Waals surface area contributed by atoms with Crippen molar-refractivity contribution >= 4 is 17.7 Å². The minimum Gasteiger partial charge on any atom is -0.396 e. The van der Waals surface area contributed by atoms with Gasteiger partial charge in [-0.25, -0.2) is 0 Å². The highest BCUT2D eigenvalue weighted by Gasteiger charge is 2.19. The Morgan fingerprint density at radius 3 is 2.56 bits per heavy atom. The standard InChI is InChI=1S/C11H22N2O2S/c1-10(3-8-14)16-9-11(15)13-6-4-12(2)5-7-13/h10,14H,3-9H2,1-2H3. The molecule has 0 aliphatic carbocycles. The molecule has 0 aromatic carbocycles. The van der Waals surface area contributed by atoms with Crippen LogP contribution in [0, 0.1) is 0 Å².